The van der Waals surface area contributed by atoms with Crippen LogP contribution in [-0.4, -0.2) is 22.9 Å². The van der Waals surface area contributed by atoms with E-state index in [1.165, 1.54) is 11.8 Å². The SMILES string of the molecule is COC(=O)c1nn(-c2ccccc2Br)cc(C)c1=O. The molecule has 0 amide bonds. The summed E-state index contributed by atoms with van der Waals surface area (Å²) in [5.41, 5.74) is 0.510. The first-order valence-electron chi connectivity index (χ1n) is 5.48. The number of ether oxygens (including phenoxy) is 1. The quantitative estimate of drug-likeness (QED) is 0.794. The van der Waals surface area contributed by atoms with Crippen LogP contribution in [0.15, 0.2) is 39.7 Å². The van der Waals surface area contributed by atoms with Crippen LogP contribution < -0.4 is 5.43 Å². The molecular weight excluding hydrogens is 312 g/mol. The van der Waals surface area contributed by atoms with Crippen molar-refractivity contribution >= 4 is 21.9 Å². The van der Waals surface area contributed by atoms with Crippen LogP contribution in [0.3, 0.4) is 0 Å². The highest BCUT2D eigenvalue weighted by Crippen LogP contribution is 2.19. The van der Waals surface area contributed by atoms with E-state index in [0.29, 0.717) is 5.56 Å². The maximum absolute atomic E-state index is 11.8. The molecule has 2 rings (SSSR count). The second kappa shape index (κ2) is 5.36. The van der Waals surface area contributed by atoms with Gasteiger partial charge >= 0.3 is 5.97 Å². The summed E-state index contributed by atoms with van der Waals surface area (Å²) in [5, 5.41) is 4.03. The Morgan fingerprint density at radius 3 is 2.68 bits per heavy atom. The maximum Gasteiger partial charge on any atom is 0.362 e. The predicted octanol–water partition coefficient (Wildman–Crippen LogP) is 2.09. The first-order chi connectivity index (χ1) is 9.04. The smallest absolute Gasteiger partial charge is 0.362 e. The Morgan fingerprint density at radius 2 is 2.05 bits per heavy atom. The van der Waals surface area contributed by atoms with E-state index in [0.717, 1.165) is 10.2 Å². The summed E-state index contributed by atoms with van der Waals surface area (Å²) in [6.45, 7) is 1.63. The Morgan fingerprint density at radius 1 is 1.37 bits per heavy atom. The molecule has 0 bridgehead atoms. The minimum Gasteiger partial charge on any atom is -0.464 e. The molecule has 0 spiro atoms. The van der Waals surface area contributed by atoms with E-state index < -0.39 is 11.4 Å². The number of carbonyl (C=O) groups excluding carboxylic acids is 1. The third-order valence-corrected chi connectivity index (χ3v) is 3.25. The van der Waals surface area contributed by atoms with Crippen molar-refractivity contribution in [3.05, 3.63) is 56.4 Å². The standard InChI is InChI=1S/C13H11BrN2O3/c1-8-7-16(10-6-4-3-5-9(10)14)15-11(12(8)17)13(18)19-2/h3-7H,1-2H3. The number of halogens is 1. The van der Waals surface area contributed by atoms with Gasteiger partial charge in [0.2, 0.25) is 11.1 Å². The lowest BCUT2D eigenvalue weighted by molar-refractivity contribution is 0.0590. The van der Waals surface area contributed by atoms with Gasteiger partial charge in [-0.15, -0.1) is 0 Å². The van der Waals surface area contributed by atoms with Crippen molar-refractivity contribution in [3.63, 3.8) is 0 Å². The molecule has 6 heteroatoms. The van der Waals surface area contributed by atoms with Gasteiger partial charge in [-0.05, 0) is 35.0 Å². The number of hydrogen-bond donors (Lipinski definition) is 0. The molecule has 0 aliphatic carbocycles. The lowest BCUT2D eigenvalue weighted by Crippen LogP contribution is -2.24. The summed E-state index contributed by atoms with van der Waals surface area (Å²) in [6.07, 6.45) is 1.58. The van der Waals surface area contributed by atoms with Crippen molar-refractivity contribution in [2.75, 3.05) is 7.11 Å². The average molecular weight is 323 g/mol. The van der Waals surface area contributed by atoms with Crippen LogP contribution in [0.25, 0.3) is 5.69 Å². The van der Waals surface area contributed by atoms with Crippen LogP contribution >= 0.6 is 15.9 Å². The number of carbonyl (C=O) groups is 1. The van der Waals surface area contributed by atoms with E-state index in [4.69, 9.17) is 0 Å². The van der Waals surface area contributed by atoms with Crippen LogP contribution in [-0.2, 0) is 4.74 Å². The molecule has 0 saturated heterocycles. The fourth-order valence-electron chi connectivity index (χ4n) is 1.60. The first kappa shape index (κ1) is 13.5. The molecule has 0 saturated carbocycles. The highest BCUT2D eigenvalue weighted by Gasteiger charge is 2.16. The average Bonchev–Trinajstić information content (AvgIpc) is 2.41. The molecule has 1 heterocycles. The molecule has 2 aromatic rings. The fraction of sp³-hybridized carbons (Fsp3) is 0.154. The van der Waals surface area contributed by atoms with Gasteiger partial charge in [-0.2, -0.15) is 5.10 Å². The number of aryl methyl sites for hydroxylation is 1. The maximum atomic E-state index is 11.8. The summed E-state index contributed by atoms with van der Waals surface area (Å²) in [5.74, 6) is -0.741. The third-order valence-electron chi connectivity index (χ3n) is 2.57. The van der Waals surface area contributed by atoms with E-state index in [1.807, 2.05) is 24.3 Å². The number of benzene rings is 1. The van der Waals surface area contributed by atoms with E-state index in [1.54, 1.807) is 13.1 Å². The third kappa shape index (κ3) is 2.58. The van der Waals surface area contributed by atoms with Gasteiger partial charge in [-0.1, -0.05) is 12.1 Å². The summed E-state index contributed by atoms with van der Waals surface area (Å²) >= 11 is 3.40. The minimum atomic E-state index is -0.741. The minimum absolute atomic E-state index is 0.224. The van der Waals surface area contributed by atoms with Gasteiger partial charge in [0, 0.05) is 16.2 Å². The van der Waals surface area contributed by atoms with Crippen molar-refractivity contribution in [2.24, 2.45) is 0 Å². The molecule has 19 heavy (non-hydrogen) atoms. The van der Waals surface area contributed by atoms with Crippen LogP contribution in [0.2, 0.25) is 0 Å². The number of methoxy groups -OCH3 is 1. The number of aromatic nitrogens is 2. The molecule has 0 aliphatic heterocycles. The molecule has 0 N–H and O–H groups in total. The van der Waals surface area contributed by atoms with Gasteiger partial charge in [0.05, 0.1) is 12.8 Å². The van der Waals surface area contributed by atoms with Crippen molar-refractivity contribution in [2.45, 2.75) is 6.92 Å². The zero-order valence-electron chi connectivity index (χ0n) is 10.4. The zero-order valence-corrected chi connectivity index (χ0v) is 12.0. The number of nitrogens with zero attached hydrogens (tertiary/aromatic N) is 2. The molecule has 1 aromatic heterocycles. The van der Waals surface area contributed by atoms with Crippen molar-refractivity contribution in [1.29, 1.82) is 0 Å². The predicted molar refractivity (Wildman–Crippen MR) is 73.6 cm³/mol. The van der Waals surface area contributed by atoms with Gasteiger partial charge in [-0.25, -0.2) is 9.48 Å². The summed E-state index contributed by atoms with van der Waals surface area (Å²) < 4.78 is 6.85. The molecule has 0 unspecified atom stereocenters. The normalized spacial score (nSPS) is 10.3. The number of rotatable bonds is 2. The van der Waals surface area contributed by atoms with Gasteiger partial charge in [0.15, 0.2) is 0 Å². The second-order valence-corrected chi connectivity index (χ2v) is 4.73. The number of esters is 1. The van der Waals surface area contributed by atoms with Gasteiger partial charge in [0.25, 0.3) is 0 Å². The molecule has 0 fully saturated rings. The van der Waals surface area contributed by atoms with E-state index in [-0.39, 0.29) is 5.69 Å². The molecule has 0 atom stereocenters. The highest BCUT2D eigenvalue weighted by atomic mass is 79.9. The van der Waals surface area contributed by atoms with Crippen LogP contribution in [0.4, 0.5) is 0 Å². The molecule has 98 valence electrons. The van der Waals surface area contributed by atoms with E-state index >= 15 is 0 Å². The van der Waals surface area contributed by atoms with Crippen molar-refractivity contribution in [1.82, 2.24) is 9.78 Å². The lowest BCUT2D eigenvalue weighted by Gasteiger charge is -2.09. The van der Waals surface area contributed by atoms with Gasteiger partial charge < -0.3 is 4.74 Å². The fourth-order valence-corrected chi connectivity index (χ4v) is 2.07. The Balaban J connectivity index is 2.67. The summed E-state index contributed by atoms with van der Waals surface area (Å²) in [6, 6.07) is 7.38. The number of para-hydroxylation sites is 1. The number of hydrogen-bond acceptors (Lipinski definition) is 4. The topological polar surface area (TPSA) is 61.2 Å². The Bertz CT molecular complexity index is 695. The van der Waals surface area contributed by atoms with Gasteiger partial charge in [0.1, 0.15) is 0 Å². The molecular formula is C13H11BrN2O3. The van der Waals surface area contributed by atoms with Crippen molar-refractivity contribution < 1.29 is 9.53 Å². The molecule has 1 aromatic carbocycles. The van der Waals surface area contributed by atoms with Crippen LogP contribution in [0, 0.1) is 6.92 Å². The monoisotopic (exact) mass is 322 g/mol. The van der Waals surface area contributed by atoms with E-state index in [9.17, 15) is 9.59 Å². The zero-order chi connectivity index (χ0) is 14.0. The van der Waals surface area contributed by atoms with Gasteiger partial charge in [-0.3, -0.25) is 4.79 Å². The Kier molecular flexibility index (Phi) is 3.80. The lowest BCUT2D eigenvalue weighted by atomic mass is 10.2. The first-order valence-corrected chi connectivity index (χ1v) is 6.27. The summed E-state index contributed by atoms with van der Waals surface area (Å²) in [7, 11) is 1.22. The Hall–Kier alpha value is -1.95. The molecule has 0 aliphatic rings. The summed E-state index contributed by atoms with van der Waals surface area (Å²) in [4.78, 5) is 23.4. The molecule has 5 nitrogen and oxygen atoms in total. The van der Waals surface area contributed by atoms with E-state index in [2.05, 4.69) is 25.8 Å². The second-order valence-electron chi connectivity index (χ2n) is 3.88. The highest BCUT2D eigenvalue weighted by molar-refractivity contribution is 9.10. The Labute approximate surface area is 118 Å². The van der Waals surface area contributed by atoms with Crippen LogP contribution in [0.5, 0.6) is 0 Å². The largest absolute Gasteiger partial charge is 0.464 e. The van der Waals surface area contributed by atoms with Crippen LogP contribution in [0.1, 0.15) is 16.1 Å². The van der Waals surface area contributed by atoms with Crippen molar-refractivity contribution in [3.8, 4) is 5.69 Å². The molecule has 0 radical (unpaired) electrons.